The first kappa shape index (κ1) is 18.1. The summed E-state index contributed by atoms with van der Waals surface area (Å²) in [5.74, 6) is 0.892. The first-order valence-corrected chi connectivity index (χ1v) is 8.30. The summed E-state index contributed by atoms with van der Waals surface area (Å²) in [6, 6.07) is 8.31. The number of amides is 1. The minimum absolute atomic E-state index is 0. The van der Waals surface area contributed by atoms with Crippen molar-refractivity contribution in [2.75, 3.05) is 13.7 Å². The van der Waals surface area contributed by atoms with Gasteiger partial charge >= 0.3 is 0 Å². The average Bonchev–Trinajstić information content (AvgIpc) is 3.32. The second-order valence-corrected chi connectivity index (χ2v) is 6.91. The van der Waals surface area contributed by atoms with Gasteiger partial charge in [-0.3, -0.25) is 4.79 Å². The van der Waals surface area contributed by atoms with Crippen molar-refractivity contribution in [3.8, 4) is 5.75 Å². The van der Waals surface area contributed by atoms with Crippen molar-refractivity contribution in [1.29, 1.82) is 0 Å². The van der Waals surface area contributed by atoms with Crippen molar-refractivity contribution in [2.24, 2.45) is 5.73 Å². The van der Waals surface area contributed by atoms with Crippen LogP contribution >= 0.6 is 12.4 Å². The molecule has 2 aliphatic rings. The van der Waals surface area contributed by atoms with E-state index in [-0.39, 0.29) is 23.7 Å². The lowest BCUT2D eigenvalue weighted by atomic mass is 9.69. The van der Waals surface area contributed by atoms with Gasteiger partial charge < -0.3 is 15.8 Å². The first-order valence-electron chi connectivity index (χ1n) is 8.30. The van der Waals surface area contributed by atoms with Crippen LogP contribution in [0.5, 0.6) is 5.75 Å². The number of halogens is 1. The van der Waals surface area contributed by atoms with E-state index in [9.17, 15) is 4.79 Å². The van der Waals surface area contributed by atoms with Gasteiger partial charge in [0.25, 0.3) is 0 Å². The van der Waals surface area contributed by atoms with Crippen LogP contribution in [-0.4, -0.2) is 25.1 Å². The molecule has 0 aliphatic heterocycles. The van der Waals surface area contributed by atoms with Gasteiger partial charge in [0.15, 0.2) is 0 Å². The molecule has 0 bridgehead atoms. The Hall–Kier alpha value is -1.26. The van der Waals surface area contributed by atoms with Gasteiger partial charge in [-0.15, -0.1) is 12.4 Å². The second-order valence-electron chi connectivity index (χ2n) is 6.91. The fourth-order valence-electron chi connectivity index (χ4n) is 3.53. The molecule has 0 radical (unpaired) electrons. The monoisotopic (exact) mass is 338 g/mol. The highest BCUT2D eigenvalue weighted by molar-refractivity contribution is 5.89. The predicted molar refractivity (Wildman–Crippen MR) is 94.2 cm³/mol. The van der Waals surface area contributed by atoms with E-state index in [4.69, 9.17) is 10.5 Å². The van der Waals surface area contributed by atoms with Gasteiger partial charge in [-0.05, 0) is 43.4 Å². The summed E-state index contributed by atoms with van der Waals surface area (Å²) in [5, 5.41) is 3.13. The molecule has 23 heavy (non-hydrogen) atoms. The molecule has 2 fully saturated rings. The van der Waals surface area contributed by atoms with Crippen molar-refractivity contribution in [3.05, 3.63) is 29.8 Å². The summed E-state index contributed by atoms with van der Waals surface area (Å²) < 4.78 is 5.25. The summed E-state index contributed by atoms with van der Waals surface area (Å²) in [4.78, 5) is 12.2. The van der Waals surface area contributed by atoms with Crippen molar-refractivity contribution in [3.63, 3.8) is 0 Å². The molecule has 3 rings (SSSR count). The molecule has 1 amide bonds. The number of benzene rings is 1. The number of nitrogens with two attached hydrogens (primary N) is 1. The number of carbonyl (C=O) groups excluding carboxylic acids is 1. The maximum Gasteiger partial charge on any atom is 0.240 e. The Balaban J connectivity index is 0.00000192. The smallest absolute Gasteiger partial charge is 0.240 e. The van der Waals surface area contributed by atoms with E-state index < -0.39 is 5.54 Å². The molecule has 1 aromatic carbocycles. The molecule has 2 saturated carbocycles. The highest BCUT2D eigenvalue weighted by Gasteiger charge is 2.46. The Bertz CT molecular complexity index is 534. The van der Waals surface area contributed by atoms with Crippen molar-refractivity contribution in [2.45, 2.75) is 55.9 Å². The molecule has 0 atom stereocenters. The molecular formula is C18H27ClN2O2. The third-order valence-corrected chi connectivity index (χ3v) is 5.34. The molecule has 4 nitrogen and oxygen atoms in total. The third-order valence-electron chi connectivity index (χ3n) is 5.34. The molecule has 3 N–H and O–H groups in total. The van der Waals surface area contributed by atoms with Crippen molar-refractivity contribution >= 4 is 18.3 Å². The number of methoxy groups -OCH3 is 1. The van der Waals surface area contributed by atoms with Gasteiger partial charge in [-0.1, -0.05) is 31.4 Å². The lowest BCUT2D eigenvalue weighted by Crippen LogP contribution is -2.48. The number of carbonyl (C=O) groups is 1. The van der Waals surface area contributed by atoms with Gasteiger partial charge in [-0.2, -0.15) is 0 Å². The Morgan fingerprint density at radius 3 is 2.26 bits per heavy atom. The van der Waals surface area contributed by atoms with Crippen LogP contribution in [-0.2, 0) is 10.2 Å². The van der Waals surface area contributed by atoms with Gasteiger partial charge in [0, 0.05) is 12.0 Å². The normalized spacial score (nSPS) is 21.0. The number of ether oxygens (including phenoxy) is 1. The van der Waals surface area contributed by atoms with Crippen LogP contribution in [0, 0.1) is 0 Å². The van der Waals surface area contributed by atoms with Crippen molar-refractivity contribution in [1.82, 2.24) is 5.32 Å². The molecule has 0 unspecified atom stereocenters. The Morgan fingerprint density at radius 2 is 1.74 bits per heavy atom. The van der Waals surface area contributed by atoms with E-state index in [2.05, 4.69) is 17.4 Å². The maximum atomic E-state index is 12.2. The summed E-state index contributed by atoms with van der Waals surface area (Å²) in [6.07, 6.45) is 7.59. The van der Waals surface area contributed by atoms with Crippen LogP contribution in [0.15, 0.2) is 24.3 Å². The first-order chi connectivity index (χ1) is 10.6. The number of nitrogens with one attached hydrogen (secondary N) is 1. The number of rotatable bonds is 5. The summed E-state index contributed by atoms with van der Waals surface area (Å²) >= 11 is 0. The Labute approximate surface area is 144 Å². The lowest BCUT2D eigenvalue weighted by molar-refractivity contribution is -0.123. The fourth-order valence-corrected chi connectivity index (χ4v) is 3.53. The summed E-state index contributed by atoms with van der Waals surface area (Å²) in [6.45, 7) is 0.692. The molecule has 0 saturated heterocycles. The minimum Gasteiger partial charge on any atom is -0.497 e. The third kappa shape index (κ3) is 3.81. The van der Waals surface area contributed by atoms with Crippen LogP contribution < -0.4 is 15.8 Å². The highest BCUT2D eigenvalue weighted by Crippen LogP contribution is 2.40. The quantitative estimate of drug-likeness (QED) is 0.867. The molecule has 0 heterocycles. The molecule has 0 aromatic heterocycles. The van der Waals surface area contributed by atoms with E-state index in [1.54, 1.807) is 7.11 Å². The van der Waals surface area contributed by atoms with E-state index >= 15 is 0 Å². The minimum atomic E-state index is -0.588. The maximum absolute atomic E-state index is 12.2. The van der Waals surface area contributed by atoms with Crippen LogP contribution in [0.4, 0.5) is 0 Å². The zero-order valence-electron chi connectivity index (χ0n) is 13.8. The lowest BCUT2D eigenvalue weighted by Gasteiger charge is -2.38. The second kappa shape index (κ2) is 7.10. The van der Waals surface area contributed by atoms with Crippen molar-refractivity contribution < 1.29 is 9.53 Å². The highest BCUT2D eigenvalue weighted by atomic mass is 35.5. The molecule has 5 heteroatoms. The van der Waals surface area contributed by atoms with E-state index in [0.29, 0.717) is 6.54 Å². The predicted octanol–water partition coefficient (Wildman–Crippen LogP) is 2.93. The topological polar surface area (TPSA) is 64.3 Å². The van der Waals surface area contributed by atoms with Crippen LogP contribution in [0.1, 0.15) is 50.5 Å². The molecule has 128 valence electrons. The summed E-state index contributed by atoms with van der Waals surface area (Å²) in [5.41, 5.74) is 6.76. The van der Waals surface area contributed by atoms with Crippen LogP contribution in [0.3, 0.4) is 0 Å². The zero-order chi connectivity index (χ0) is 15.6. The standard InChI is InChI=1S/C18H26N2O2.ClH/c1-22-15-7-5-14(6-8-15)17(9-3-2-4-10-17)13-20-16(21)18(19)11-12-18;/h5-8H,2-4,9-13,19H2,1H3,(H,20,21);1H. The zero-order valence-corrected chi connectivity index (χ0v) is 14.6. The number of hydrogen-bond donors (Lipinski definition) is 2. The molecule has 2 aliphatic carbocycles. The Morgan fingerprint density at radius 1 is 1.13 bits per heavy atom. The summed E-state index contributed by atoms with van der Waals surface area (Å²) in [7, 11) is 1.68. The van der Waals surface area contributed by atoms with Gasteiger partial charge in [0.05, 0.1) is 12.6 Å². The largest absolute Gasteiger partial charge is 0.497 e. The van der Waals surface area contributed by atoms with Crippen LogP contribution in [0.25, 0.3) is 0 Å². The fraction of sp³-hybridized carbons (Fsp3) is 0.611. The van der Waals surface area contributed by atoms with Gasteiger partial charge in [-0.25, -0.2) is 0 Å². The average molecular weight is 339 g/mol. The molecular weight excluding hydrogens is 312 g/mol. The SMILES string of the molecule is COc1ccc(C2(CNC(=O)C3(N)CC3)CCCCC2)cc1.Cl. The van der Waals surface area contributed by atoms with Gasteiger partial charge in [0.2, 0.25) is 5.91 Å². The van der Waals surface area contributed by atoms with Gasteiger partial charge in [0.1, 0.15) is 5.75 Å². The Kier molecular flexibility index (Phi) is 5.58. The van der Waals surface area contributed by atoms with E-state index in [0.717, 1.165) is 31.4 Å². The number of hydrogen-bond acceptors (Lipinski definition) is 3. The van der Waals surface area contributed by atoms with Crippen LogP contribution in [0.2, 0.25) is 0 Å². The molecule has 1 aromatic rings. The van der Waals surface area contributed by atoms with E-state index in [1.807, 2.05) is 12.1 Å². The molecule has 0 spiro atoms. The van der Waals surface area contributed by atoms with E-state index in [1.165, 1.54) is 24.8 Å².